The molecule has 40 heavy (non-hydrogen) atoms. The van der Waals surface area contributed by atoms with Crippen LogP contribution in [0.25, 0.3) is 5.57 Å². The second-order valence-corrected chi connectivity index (χ2v) is 12.8. The van der Waals surface area contributed by atoms with Crippen molar-refractivity contribution in [3.63, 3.8) is 0 Å². The molecule has 0 spiro atoms. The summed E-state index contributed by atoms with van der Waals surface area (Å²) in [5, 5.41) is 0.669. The number of piperazine rings is 1. The zero-order valence-electron chi connectivity index (χ0n) is 21.6. The smallest absolute Gasteiger partial charge is 0.289 e. The van der Waals surface area contributed by atoms with Crippen LogP contribution in [0.2, 0.25) is 15.1 Å². The second kappa shape index (κ2) is 11.6. The normalized spacial score (nSPS) is 16.6. The van der Waals surface area contributed by atoms with Gasteiger partial charge < -0.3 is 14.2 Å². The van der Waals surface area contributed by atoms with Gasteiger partial charge in [0.05, 0.1) is 21.9 Å². The summed E-state index contributed by atoms with van der Waals surface area (Å²) in [5.41, 5.74) is 3.32. The zero-order chi connectivity index (χ0) is 28.6. The van der Waals surface area contributed by atoms with Crippen molar-refractivity contribution in [3.05, 3.63) is 92.3 Å². The predicted octanol–water partition coefficient (Wildman–Crippen LogP) is 5.62. The molecule has 5 rings (SSSR count). The van der Waals surface area contributed by atoms with Crippen LogP contribution in [0.15, 0.2) is 64.1 Å². The Bertz CT molecular complexity index is 1600. The number of hydrogen-bond donors (Lipinski definition) is 0. The third-order valence-corrected chi connectivity index (χ3v) is 10.1. The van der Waals surface area contributed by atoms with Crippen molar-refractivity contribution >= 4 is 62.2 Å². The number of carbonyl (C=O) groups excluding carboxylic acids is 2. The highest BCUT2D eigenvalue weighted by molar-refractivity contribution is 7.89. The number of benzene rings is 2. The highest BCUT2D eigenvalue weighted by atomic mass is 35.5. The fourth-order valence-corrected chi connectivity index (χ4v) is 7.45. The molecule has 0 unspecified atom stereocenters. The maximum Gasteiger partial charge on any atom is 0.289 e. The topological polar surface area (TPSA) is 91.1 Å². The maximum atomic E-state index is 13.6. The van der Waals surface area contributed by atoms with Gasteiger partial charge in [0.1, 0.15) is 4.90 Å². The molecule has 0 N–H and O–H groups in total. The van der Waals surface area contributed by atoms with Gasteiger partial charge in [-0.25, -0.2) is 8.42 Å². The Kier molecular flexibility index (Phi) is 8.31. The summed E-state index contributed by atoms with van der Waals surface area (Å²) in [4.78, 5) is 29.0. The Morgan fingerprint density at radius 3 is 2.25 bits per heavy atom. The van der Waals surface area contributed by atoms with Crippen LogP contribution in [0.5, 0.6) is 0 Å². The summed E-state index contributed by atoms with van der Waals surface area (Å²) in [6, 6.07) is 11.5. The van der Waals surface area contributed by atoms with Gasteiger partial charge in [-0.05, 0) is 66.4 Å². The van der Waals surface area contributed by atoms with Crippen LogP contribution in [0.3, 0.4) is 0 Å². The molecule has 0 radical (unpaired) electrons. The van der Waals surface area contributed by atoms with E-state index in [0.717, 1.165) is 16.7 Å². The quantitative estimate of drug-likeness (QED) is 0.368. The van der Waals surface area contributed by atoms with Gasteiger partial charge in [0.25, 0.3) is 11.8 Å². The van der Waals surface area contributed by atoms with Gasteiger partial charge in [-0.15, -0.1) is 0 Å². The van der Waals surface area contributed by atoms with Crippen molar-refractivity contribution in [1.29, 1.82) is 0 Å². The minimum atomic E-state index is -4.06. The molecule has 0 bridgehead atoms. The number of rotatable bonds is 5. The molecular formula is C28H26Cl3N3O5S. The third kappa shape index (κ3) is 5.66. The van der Waals surface area contributed by atoms with E-state index >= 15 is 0 Å². The summed E-state index contributed by atoms with van der Waals surface area (Å²) in [6.07, 6.45) is 4.03. The first-order chi connectivity index (χ1) is 19.1. The van der Waals surface area contributed by atoms with Gasteiger partial charge in [0, 0.05) is 44.3 Å². The van der Waals surface area contributed by atoms with Crippen molar-refractivity contribution < 1.29 is 22.4 Å². The molecular weight excluding hydrogens is 597 g/mol. The van der Waals surface area contributed by atoms with Gasteiger partial charge in [-0.3, -0.25) is 9.59 Å². The van der Waals surface area contributed by atoms with Crippen LogP contribution >= 0.6 is 34.8 Å². The standard InChI is InChI=1S/C28H26Cl3N3O5S/c1-18-15-20(29)4-5-21(18)19-6-8-32(9-7-19)27(35)22-16-26(24(31)17-23(22)30)40(37,38)34-12-10-33(11-13-34)28(36)25-3-2-14-39-25/h2-6,14-17H,7-13H2,1H3. The Morgan fingerprint density at radius 1 is 0.875 bits per heavy atom. The lowest BCUT2D eigenvalue weighted by Gasteiger charge is -2.33. The SMILES string of the molecule is Cc1cc(Cl)ccc1C1=CCN(C(=O)c2cc(S(=O)(=O)N3CCN(C(=O)c4ccco4)CC3)c(Cl)cc2Cl)CC1. The Balaban J connectivity index is 1.32. The van der Waals surface area contributed by atoms with E-state index in [1.807, 2.05) is 31.2 Å². The van der Waals surface area contributed by atoms with Crippen LogP contribution in [-0.4, -0.2) is 73.6 Å². The summed E-state index contributed by atoms with van der Waals surface area (Å²) in [5.74, 6) is -0.484. The van der Waals surface area contributed by atoms with E-state index < -0.39 is 10.0 Å². The van der Waals surface area contributed by atoms with Crippen LogP contribution < -0.4 is 0 Å². The average Bonchev–Trinajstić information content (AvgIpc) is 3.48. The molecule has 3 heterocycles. The molecule has 210 valence electrons. The van der Waals surface area contributed by atoms with E-state index in [4.69, 9.17) is 39.2 Å². The Morgan fingerprint density at radius 2 is 1.62 bits per heavy atom. The minimum absolute atomic E-state index is 0.0656. The Labute approximate surface area is 247 Å². The van der Waals surface area contributed by atoms with Crippen LogP contribution in [-0.2, 0) is 10.0 Å². The van der Waals surface area contributed by atoms with Crippen molar-refractivity contribution in [2.45, 2.75) is 18.2 Å². The first-order valence-electron chi connectivity index (χ1n) is 12.6. The molecule has 2 amide bonds. The molecule has 2 aromatic carbocycles. The van der Waals surface area contributed by atoms with Crippen molar-refractivity contribution in [1.82, 2.24) is 14.1 Å². The number of halogens is 3. The van der Waals surface area contributed by atoms with Gasteiger partial charge in [-0.2, -0.15) is 4.31 Å². The summed E-state index contributed by atoms with van der Waals surface area (Å²) >= 11 is 18.8. The van der Waals surface area contributed by atoms with Crippen molar-refractivity contribution in [3.8, 4) is 0 Å². The first kappa shape index (κ1) is 28.7. The molecule has 2 aliphatic rings. The van der Waals surface area contributed by atoms with Gasteiger partial charge in [-0.1, -0.05) is 46.9 Å². The number of amides is 2. The number of aryl methyl sites for hydroxylation is 1. The molecule has 0 saturated carbocycles. The van der Waals surface area contributed by atoms with Crippen LogP contribution in [0.1, 0.15) is 38.5 Å². The number of hydrogen-bond acceptors (Lipinski definition) is 5. The van der Waals surface area contributed by atoms with Gasteiger partial charge >= 0.3 is 0 Å². The summed E-state index contributed by atoms with van der Waals surface area (Å²) < 4.78 is 33.5. The highest BCUT2D eigenvalue weighted by Gasteiger charge is 2.34. The summed E-state index contributed by atoms with van der Waals surface area (Å²) in [7, 11) is -4.06. The van der Waals surface area contributed by atoms with E-state index in [2.05, 4.69) is 0 Å². The fraction of sp³-hybridized carbons (Fsp3) is 0.286. The lowest BCUT2D eigenvalue weighted by Crippen LogP contribution is -2.50. The largest absolute Gasteiger partial charge is 0.459 e. The first-order valence-corrected chi connectivity index (χ1v) is 15.2. The molecule has 0 aliphatic carbocycles. The number of sulfonamides is 1. The molecule has 3 aromatic rings. The number of nitrogens with zero attached hydrogens (tertiary/aromatic N) is 3. The van der Waals surface area contributed by atoms with E-state index in [1.54, 1.807) is 17.0 Å². The van der Waals surface area contributed by atoms with Crippen molar-refractivity contribution in [2.75, 3.05) is 39.3 Å². The molecule has 1 saturated heterocycles. The van der Waals surface area contributed by atoms with Gasteiger partial charge in [0.2, 0.25) is 10.0 Å². The average molecular weight is 623 g/mol. The van der Waals surface area contributed by atoms with E-state index in [9.17, 15) is 18.0 Å². The third-order valence-electron chi connectivity index (χ3n) is 7.16. The molecule has 1 fully saturated rings. The lowest BCUT2D eigenvalue weighted by molar-refractivity contribution is 0.0665. The molecule has 8 nitrogen and oxygen atoms in total. The van der Waals surface area contributed by atoms with E-state index in [0.29, 0.717) is 24.5 Å². The fourth-order valence-electron chi connectivity index (χ4n) is 4.97. The number of carbonyl (C=O) groups is 2. The predicted molar refractivity (Wildman–Crippen MR) is 155 cm³/mol. The van der Waals surface area contributed by atoms with Gasteiger partial charge in [0.15, 0.2) is 5.76 Å². The maximum absolute atomic E-state index is 13.6. The molecule has 1 aromatic heterocycles. The minimum Gasteiger partial charge on any atom is -0.459 e. The molecule has 2 aliphatic heterocycles. The zero-order valence-corrected chi connectivity index (χ0v) is 24.7. The lowest BCUT2D eigenvalue weighted by atomic mass is 9.95. The Hall–Kier alpha value is -2.82. The highest BCUT2D eigenvalue weighted by Crippen LogP contribution is 2.33. The molecule has 12 heteroatoms. The summed E-state index contributed by atoms with van der Waals surface area (Å²) in [6.45, 7) is 3.30. The monoisotopic (exact) mass is 621 g/mol. The van der Waals surface area contributed by atoms with E-state index in [1.165, 1.54) is 27.6 Å². The van der Waals surface area contributed by atoms with Crippen LogP contribution in [0.4, 0.5) is 0 Å². The van der Waals surface area contributed by atoms with Crippen molar-refractivity contribution in [2.24, 2.45) is 0 Å². The van der Waals surface area contributed by atoms with Crippen LogP contribution in [0, 0.1) is 6.92 Å². The van der Waals surface area contributed by atoms with E-state index in [-0.39, 0.29) is 64.3 Å². The number of furan rings is 1. The molecule has 0 atom stereocenters. The second-order valence-electron chi connectivity index (χ2n) is 9.63.